The molecule has 0 spiro atoms. The summed E-state index contributed by atoms with van der Waals surface area (Å²) in [6.07, 6.45) is 4.32. The molecule has 7 nitrogen and oxygen atoms in total. The molecular weight excluding hydrogens is 334 g/mol. The van der Waals surface area contributed by atoms with E-state index in [4.69, 9.17) is 22.3 Å². The van der Waals surface area contributed by atoms with Gasteiger partial charge in [-0.25, -0.2) is 4.79 Å². The molecule has 0 aliphatic heterocycles. The molecule has 3 rings (SSSR count). The molecule has 0 saturated carbocycles. The smallest absolute Gasteiger partial charge is 0.337 e. The molecule has 0 aromatic heterocycles. The van der Waals surface area contributed by atoms with E-state index in [0.717, 1.165) is 5.56 Å². The van der Waals surface area contributed by atoms with Crippen LogP contribution in [0.4, 0.5) is 5.69 Å². The summed E-state index contributed by atoms with van der Waals surface area (Å²) in [5.74, 6) is -3.23. The molecule has 0 amide bonds. The Bertz CT molecular complexity index is 843. The number of para-hydroxylation sites is 1. The number of hydrogen-bond donors (Lipinski definition) is 6. The zero-order chi connectivity index (χ0) is 19.4. The highest BCUT2D eigenvalue weighted by atomic mass is 16.5. The van der Waals surface area contributed by atoms with Crippen molar-refractivity contribution in [1.82, 2.24) is 0 Å². The Kier molecular flexibility index (Phi) is 5.59. The fourth-order valence-electron chi connectivity index (χ4n) is 2.24. The number of anilines is 1. The maximum absolute atomic E-state index is 10.3. The van der Waals surface area contributed by atoms with Crippen LogP contribution in [0.25, 0.3) is 5.57 Å². The Balaban J connectivity index is 0.000000209. The molecule has 136 valence electrons. The van der Waals surface area contributed by atoms with Crippen molar-refractivity contribution < 1.29 is 20.1 Å². The average molecular weight is 355 g/mol. The molecule has 0 fully saturated rings. The summed E-state index contributed by atoms with van der Waals surface area (Å²) in [5, 5.41) is 27.9. The minimum Gasteiger partial charge on any atom is -0.478 e. The van der Waals surface area contributed by atoms with Crippen molar-refractivity contribution in [1.29, 1.82) is 0 Å². The fourth-order valence-corrected chi connectivity index (χ4v) is 2.24. The van der Waals surface area contributed by atoms with E-state index in [1.54, 1.807) is 24.3 Å². The van der Waals surface area contributed by atoms with Crippen LogP contribution in [0, 0.1) is 0 Å². The number of hydrogen-bond acceptors (Lipinski definition) is 6. The lowest BCUT2D eigenvalue weighted by Gasteiger charge is -2.36. The van der Waals surface area contributed by atoms with Crippen molar-refractivity contribution in [2.75, 3.05) is 5.73 Å². The molecule has 0 unspecified atom stereocenters. The number of nitrogens with two attached hydrogens (primary N) is 3. The number of aliphatic hydroxyl groups is 2. The van der Waals surface area contributed by atoms with Crippen molar-refractivity contribution >= 4 is 17.2 Å². The minimum atomic E-state index is -2.24. The van der Waals surface area contributed by atoms with E-state index in [2.05, 4.69) is 0 Å². The van der Waals surface area contributed by atoms with E-state index in [1.807, 2.05) is 30.3 Å². The summed E-state index contributed by atoms with van der Waals surface area (Å²) in [7, 11) is 0. The number of nitrogen functional groups attached to an aromatic ring is 1. The molecule has 1 aliphatic rings. The third-order valence-electron chi connectivity index (χ3n) is 3.83. The number of benzene rings is 2. The third-order valence-corrected chi connectivity index (χ3v) is 3.83. The zero-order valence-corrected chi connectivity index (χ0v) is 13.9. The van der Waals surface area contributed by atoms with Gasteiger partial charge in [0.05, 0.1) is 5.56 Å². The molecule has 7 heteroatoms. The highest BCUT2D eigenvalue weighted by Crippen LogP contribution is 2.28. The first-order valence-corrected chi connectivity index (χ1v) is 7.72. The van der Waals surface area contributed by atoms with Crippen LogP contribution >= 0.6 is 0 Å². The molecule has 0 heterocycles. The van der Waals surface area contributed by atoms with Gasteiger partial charge in [-0.1, -0.05) is 48.5 Å². The second kappa shape index (κ2) is 7.51. The van der Waals surface area contributed by atoms with Crippen molar-refractivity contribution in [2.24, 2.45) is 11.5 Å². The summed E-state index contributed by atoms with van der Waals surface area (Å²) in [4.78, 5) is 10.3. The number of carboxylic acids is 1. The number of rotatable bonds is 2. The molecule has 26 heavy (non-hydrogen) atoms. The van der Waals surface area contributed by atoms with Gasteiger partial charge in [-0.15, -0.1) is 0 Å². The van der Waals surface area contributed by atoms with Gasteiger partial charge in [-0.2, -0.15) is 0 Å². The second-order valence-corrected chi connectivity index (χ2v) is 5.85. The second-order valence-electron chi connectivity index (χ2n) is 5.85. The minimum absolute atomic E-state index is 0.155. The summed E-state index contributed by atoms with van der Waals surface area (Å²) in [5.41, 5.74) is 16.8. The lowest BCUT2D eigenvalue weighted by atomic mass is 9.89. The summed E-state index contributed by atoms with van der Waals surface area (Å²) >= 11 is 0. The summed E-state index contributed by atoms with van der Waals surface area (Å²) < 4.78 is 0. The van der Waals surface area contributed by atoms with Crippen LogP contribution in [0.5, 0.6) is 0 Å². The van der Waals surface area contributed by atoms with Gasteiger partial charge in [-0.3, -0.25) is 0 Å². The van der Waals surface area contributed by atoms with E-state index in [-0.39, 0.29) is 5.56 Å². The Labute approximate surface area is 150 Å². The molecule has 0 bridgehead atoms. The van der Waals surface area contributed by atoms with Gasteiger partial charge in [0.2, 0.25) is 5.79 Å². The maximum Gasteiger partial charge on any atom is 0.337 e. The van der Waals surface area contributed by atoms with Crippen molar-refractivity contribution in [3.05, 3.63) is 84.0 Å². The van der Waals surface area contributed by atoms with Gasteiger partial charge in [0.25, 0.3) is 0 Å². The monoisotopic (exact) mass is 355 g/mol. The first-order valence-electron chi connectivity index (χ1n) is 7.72. The molecular formula is C19H21N3O4. The SMILES string of the molecule is NC1(N)C=CC(c2ccccc2)=CC1(O)O.Nc1ccccc1C(=O)O. The van der Waals surface area contributed by atoms with E-state index < -0.39 is 17.4 Å². The number of carboxylic acid groups (broad SMARTS) is 1. The topological polar surface area (TPSA) is 156 Å². The van der Waals surface area contributed by atoms with Crippen LogP contribution in [0.2, 0.25) is 0 Å². The van der Waals surface area contributed by atoms with E-state index in [0.29, 0.717) is 11.3 Å². The molecule has 2 aromatic carbocycles. The molecule has 0 radical (unpaired) electrons. The number of carbonyl (C=O) groups is 1. The van der Waals surface area contributed by atoms with Crippen LogP contribution in [-0.4, -0.2) is 32.7 Å². The van der Waals surface area contributed by atoms with Crippen LogP contribution < -0.4 is 17.2 Å². The summed E-state index contributed by atoms with van der Waals surface area (Å²) in [6, 6.07) is 15.7. The van der Waals surface area contributed by atoms with Gasteiger partial charge in [0.1, 0.15) is 5.66 Å². The normalized spacial score (nSPS) is 16.8. The Morgan fingerprint density at radius 3 is 2.00 bits per heavy atom. The van der Waals surface area contributed by atoms with Gasteiger partial charge < -0.3 is 32.5 Å². The standard InChI is InChI=1S/C12H14N2O2.C7H7NO2/c13-11(14)7-6-10(8-12(11,15)16)9-4-2-1-3-5-9;8-6-4-2-1-3-5(6)7(9)10/h1-8,15-16H,13-14H2;1-4H,8H2,(H,9,10). The van der Waals surface area contributed by atoms with Crippen LogP contribution in [0.15, 0.2) is 72.8 Å². The number of aromatic carboxylic acids is 1. The predicted molar refractivity (Wildman–Crippen MR) is 99.6 cm³/mol. The van der Waals surface area contributed by atoms with Crippen molar-refractivity contribution in [3.8, 4) is 0 Å². The molecule has 2 aromatic rings. The molecule has 9 N–H and O–H groups in total. The van der Waals surface area contributed by atoms with E-state index in [9.17, 15) is 15.0 Å². The average Bonchev–Trinajstić information content (AvgIpc) is 2.59. The van der Waals surface area contributed by atoms with Crippen LogP contribution in [0.1, 0.15) is 15.9 Å². The quantitative estimate of drug-likeness (QED) is 0.345. The lowest BCUT2D eigenvalue weighted by Crippen LogP contribution is -2.65. The zero-order valence-electron chi connectivity index (χ0n) is 13.9. The lowest BCUT2D eigenvalue weighted by molar-refractivity contribution is -0.156. The third kappa shape index (κ3) is 4.35. The highest BCUT2D eigenvalue weighted by molar-refractivity contribution is 5.93. The van der Waals surface area contributed by atoms with E-state index >= 15 is 0 Å². The summed E-state index contributed by atoms with van der Waals surface area (Å²) in [6.45, 7) is 0. The Hall–Kier alpha value is -2.97. The molecule has 1 aliphatic carbocycles. The van der Waals surface area contributed by atoms with Crippen LogP contribution in [-0.2, 0) is 0 Å². The highest BCUT2D eigenvalue weighted by Gasteiger charge is 2.42. The number of allylic oxidation sites excluding steroid dienone is 2. The van der Waals surface area contributed by atoms with Gasteiger partial charge in [-0.05, 0) is 35.4 Å². The molecule has 0 atom stereocenters. The Morgan fingerprint density at radius 1 is 0.923 bits per heavy atom. The van der Waals surface area contributed by atoms with Gasteiger partial charge >= 0.3 is 5.97 Å². The fraction of sp³-hybridized carbons (Fsp3) is 0.105. The van der Waals surface area contributed by atoms with Crippen LogP contribution in [0.3, 0.4) is 0 Å². The molecule has 0 saturated heterocycles. The van der Waals surface area contributed by atoms with E-state index in [1.165, 1.54) is 18.2 Å². The first kappa shape index (κ1) is 19.4. The predicted octanol–water partition coefficient (Wildman–Crippen LogP) is 0.901. The van der Waals surface area contributed by atoms with Crippen molar-refractivity contribution in [2.45, 2.75) is 11.4 Å². The van der Waals surface area contributed by atoms with Crippen molar-refractivity contribution in [3.63, 3.8) is 0 Å². The maximum atomic E-state index is 10.3. The van der Waals surface area contributed by atoms with Gasteiger partial charge in [0.15, 0.2) is 0 Å². The first-order chi connectivity index (χ1) is 12.1. The largest absolute Gasteiger partial charge is 0.478 e. The Morgan fingerprint density at radius 2 is 1.50 bits per heavy atom. The van der Waals surface area contributed by atoms with Gasteiger partial charge in [0, 0.05) is 5.69 Å².